The molecule has 2 N–H and O–H groups in total. The molecular formula is C25H23N7S. The van der Waals surface area contributed by atoms with Gasteiger partial charge in [0.05, 0.1) is 0 Å². The summed E-state index contributed by atoms with van der Waals surface area (Å²) in [6, 6.07) is 20.8. The van der Waals surface area contributed by atoms with Crippen LogP contribution >= 0.6 is 11.3 Å². The molecule has 0 saturated heterocycles. The summed E-state index contributed by atoms with van der Waals surface area (Å²) in [5, 5.41) is 20.1. The molecule has 3 aromatic heterocycles. The van der Waals surface area contributed by atoms with E-state index in [0.717, 1.165) is 46.0 Å². The zero-order valence-electron chi connectivity index (χ0n) is 18.4. The summed E-state index contributed by atoms with van der Waals surface area (Å²) in [6.07, 6.45) is 0.831. The van der Waals surface area contributed by atoms with Crippen LogP contribution in [0.25, 0.3) is 22.5 Å². The van der Waals surface area contributed by atoms with Gasteiger partial charge in [-0.05, 0) is 47.2 Å². The molecule has 8 heteroatoms. The van der Waals surface area contributed by atoms with Crippen molar-refractivity contribution in [3.8, 4) is 22.5 Å². The Morgan fingerprint density at radius 3 is 2.45 bits per heavy atom. The lowest BCUT2D eigenvalue weighted by Crippen LogP contribution is -2.09. The number of thiophene rings is 1. The fourth-order valence-corrected chi connectivity index (χ4v) is 4.59. The predicted molar refractivity (Wildman–Crippen MR) is 131 cm³/mol. The quantitative estimate of drug-likeness (QED) is 0.352. The van der Waals surface area contributed by atoms with Gasteiger partial charge in [-0.2, -0.15) is 5.21 Å². The summed E-state index contributed by atoms with van der Waals surface area (Å²) in [5.74, 6) is 2.27. The highest BCUT2D eigenvalue weighted by molar-refractivity contribution is 7.09. The number of benzene rings is 2. The van der Waals surface area contributed by atoms with E-state index in [1.165, 1.54) is 10.4 Å². The molecule has 7 nitrogen and oxygen atoms in total. The summed E-state index contributed by atoms with van der Waals surface area (Å²) < 4.78 is 0. The first-order valence-electron chi connectivity index (χ1n) is 10.7. The van der Waals surface area contributed by atoms with Crippen molar-refractivity contribution in [2.75, 3.05) is 5.32 Å². The number of hydrogen-bond acceptors (Lipinski definition) is 7. The molecule has 0 saturated carbocycles. The number of aromatic amines is 1. The third-order valence-electron chi connectivity index (χ3n) is 5.50. The molecule has 0 aliphatic rings. The Balaban J connectivity index is 1.36. The van der Waals surface area contributed by atoms with E-state index < -0.39 is 0 Å². The Bertz CT molecular complexity index is 1340. The van der Waals surface area contributed by atoms with Crippen molar-refractivity contribution in [2.45, 2.75) is 26.8 Å². The topological polar surface area (TPSA) is 92.3 Å². The lowest BCUT2D eigenvalue weighted by molar-refractivity contribution is 0.881. The molecule has 0 unspecified atom stereocenters. The fourth-order valence-electron chi connectivity index (χ4n) is 3.87. The van der Waals surface area contributed by atoms with E-state index in [1.807, 2.05) is 25.1 Å². The maximum Gasteiger partial charge on any atom is 0.205 e. The van der Waals surface area contributed by atoms with Crippen molar-refractivity contribution in [2.24, 2.45) is 0 Å². The van der Waals surface area contributed by atoms with E-state index in [2.05, 4.69) is 85.7 Å². The van der Waals surface area contributed by atoms with Gasteiger partial charge in [-0.15, -0.1) is 21.5 Å². The summed E-state index contributed by atoms with van der Waals surface area (Å²) in [7, 11) is 0. The second-order valence-electron chi connectivity index (χ2n) is 7.77. The zero-order valence-corrected chi connectivity index (χ0v) is 19.2. The van der Waals surface area contributed by atoms with E-state index in [4.69, 9.17) is 4.98 Å². The minimum atomic E-state index is 0.587. The first-order valence-corrected chi connectivity index (χ1v) is 11.6. The number of rotatable bonds is 7. The van der Waals surface area contributed by atoms with Crippen molar-refractivity contribution in [3.05, 3.63) is 93.6 Å². The lowest BCUT2D eigenvalue weighted by atomic mass is 9.98. The fraction of sp³-hybridized carbons (Fsp3) is 0.160. The zero-order chi connectivity index (χ0) is 22.6. The van der Waals surface area contributed by atoms with Crippen LogP contribution in [-0.2, 0) is 13.0 Å². The number of hydrogen-bond donors (Lipinski definition) is 2. The summed E-state index contributed by atoms with van der Waals surface area (Å²) >= 11 is 1.76. The number of nitrogens with zero attached hydrogens (tertiary/aromatic N) is 5. The molecule has 5 aromatic rings. The molecule has 2 aromatic carbocycles. The van der Waals surface area contributed by atoms with Gasteiger partial charge < -0.3 is 5.32 Å². The minimum absolute atomic E-state index is 0.587. The molecule has 0 spiro atoms. The smallest absolute Gasteiger partial charge is 0.205 e. The molecule has 0 bridgehead atoms. The third-order valence-corrected chi connectivity index (χ3v) is 6.37. The van der Waals surface area contributed by atoms with Gasteiger partial charge in [0.25, 0.3) is 0 Å². The van der Waals surface area contributed by atoms with Gasteiger partial charge in [0, 0.05) is 34.7 Å². The van der Waals surface area contributed by atoms with E-state index in [0.29, 0.717) is 12.4 Å². The molecule has 0 fully saturated rings. The molecular weight excluding hydrogens is 430 g/mol. The van der Waals surface area contributed by atoms with Crippen LogP contribution in [0, 0.1) is 13.8 Å². The predicted octanol–water partition coefficient (Wildman–Crippen LogP) is 5.20. The number of aromatic nitrogens is 6. The van der Waals surface area contributed by atoms with Gasteiger partial charge in [-0.3, -0.25) is 0 Å². The Morgan fingerprint density at radius 1 is 0.909 bits per heavy atom. The highest BCUT2D eigenvalue weighted by Crippen LogP contribution is 2.30. The van der Waals surface area contributed by atoms with Crippen molar-refractivity contribution < 1.29 is 0 Å². The molecule has 3 heterocycles. The van der Waals surface area contributed by atoms with Crippen LogP contribution in [0.2, 0.25) is 0 Å². The Hall–Kier alpha value is -3.91. The lowest BCUT2D eigenvalue weighted by Gasteiger charge is -2.14. The molecule has 0 amide bonds. The van der Waals surface area contributed by atoms with Crippen LogP contribution in [-0.4, -0.2) is 30.6 Å². The standard InChI is InChI=1S/C25H23N7S/c1-16-23(14-20-6-5-13-33-20)24(28-17(2)27-16)26-15-18-9-11-19(12-10-18)21-7-3-4-8-22(21)25-29-31-32-30-25/h3-13H,14-15H2,1-2H3,(H,26,27,28)(H,29,30,31,32). The number of nitrogens with one attached hydrogen (secondary N) is 2. The number of H-pyrrole nitrogens is 1. The first kappa shape index (κ1) is 21.0. The van der Waals surface area contributed by atoms with Crippen molar-refractivity contribution >= 4 is 17.2 Å². The minimum Gasteiger partial charge on any atom is -0.366 e. The largest absolute Gasteiger partial charge is 0.366 e. The van der Waals surface area contributed by atoms with E-state index in [9.17, 15) is 0 Å². The molecule has 0 radical (unpaired) electrons. The van der Waals surface area contributed by atoms with Gasteiger partial charge in [0.1, 0.15) is 11.6 Å². The average molecular weight is 454 g/mol. The van der Waals surface area contributed by atoms with E-state index in [1.54, 1.807) is 11.3 Å². The Labute approximate surface area is 196 Å². The van der Waals surface area contributed by atoms with Crippen LogP contribution in [0.4, 0.5) is 5.82 Å². The number of anilines is 1. The molecule has 0 aliphatic carbocycles. The highest BCUT2D eigenvalue weighted by Gasteiger charge is 2.13. The van der Waals surface area contributed by atoms with Gasteiger partial charge in [-0.25, -0.2) is 9.97 Å². The Kier molecular flexibility index (Phi) is 5.91. The van der Waals surface area contributed by atoms with Crippen LogP contribution < -0.4 is 5.32 Å². The molecule has 0 aliphatic heterocycles. The Morgan fingerprint density at radius 2 is 1.73 bits per heavy atom. The van der Waals surface area contributed by atoms with Gasteiger partial charge in [0.2, 0.25) is 5.82 Å². The van der Waals surface area contributed by atoms with Crippen LogP contribution in [0.5, 0.6) is 0 Å². The average Bonchev–Trinajstić information content (AvgIpc) is 3.55. The number of tetrazole rings is 1. The normalized spacial score (nSPS) is 11.0. The number of aryl methyl sites for hydroxylation is 2. The molecule has 5 rings (SSSR count). The van der Waals surface area contributed by atoms with Gasteiger partial charge in [-0.1, -0.05) is 54.6 Å². The molecule has 33 heavy (non-hydrogen) atoms. The van der Waals surface area contributed by atoms with Crippen LogP contribution in [0.1, 0.15) is 27.5 Å². The first-order chi connectivity index (χ1) is 16.2. The van der Waals surface area contributed by atoms with Crippen molar-refractivity contribution in [1.29, 1.82) is 0 Å². The maximum absolute atomic E-state index is 4.69. The monoisotopic (exact) mass is 453 g/mol. The summed E-state index contributed by atoms with van der Waals surface area (Å²) in [4.78, 5) is 10.6. The summed E-state index contributed by atoms with van der Waals surface area (Å²) in [6.45, 7) is 4.67. The van der Waals surface area contributed by atoms with Crippen LogP contribution in [0.3, 0.4) is 0 Å². The second-order valence-corrected chi connectivity index (χ2v) is 8.80. The molecule has 0 atom stereocenters. The summed E-state index contributed by atoms with van der Waals surface area (Å²) in [5.41, 5.74) is 6.46. The third kappa shape index (κ3) is 4.65. The second kappa shape index (κ2) is 9.30. The highest BCUT2D eigenvalue weighted by atomic mass is 32.1. The maximum atomic E-state index is 4.69. The SMILES string of the molecule is Cc1nc(C)c(Cc2cccs2)c(NCc2ccc(-c3ccccc3-c3nn[nH]n3)cc2)n1. The van der Waals surface area contributed by atoms with Crippen molar-refractivity contribution in [3.63, 3.8) is 0 Å². The van der Waals surface area contributed by atoms with Crippen LogP contribution in [0.15, 0.2) is 66.0 Å². The molecule has 164 valence electrons. The van der Waals surface area contributed by atoms with E-state index >= 15 is 0 Å². The van der Waals surface area contributed by atoms with Crippen molar-refractivity contribution in [1.82, 2.24) is 30.6 Å². The van der Waals surface area contributed by atoms with Gasteiger partial charge in [0.15, 0.2) is 0 Å². The van der Waals surface area contributed by atoms with Gasteiger partial charge >= 0.3 is 0 Å². The van der Waals surface area contributed by atoms with E-state index in [-0.39, 0.29) is 0 Å².